The number of hydrogen-bond acceptors (Lipinski definition) is 5. The molecule has 0 amide bonds. The van der Waals surface area contributed by atoms with Crippen molar-refractivity contribution >= 4 is 5.97 Å². The third kappa shape index (κ3) is 3.86. The van der Waals surface area contributed by atoms with Crippen LogP contribution in [0.15, 0.2) is 54.3 Å². The number of ether oxygens (including phenoxy) is 3. The van der Waals surface area contributed by atoms with Crippen LogP contribution in [0.2, 0.25) is 0 Å². The van der Waals surface area contributed by atoms with E-state index in [1.807, 2.05) is 18.2 Å². The van der Waals surface area contributed by atoms with Crippen molar-refractivity contribution in [2.45, 2.75) is 37.1 Å². The summed E-state index contributed by atoms with van der Waals surface area (Å²) in [6, 6.07) is 11.8. The third-order valence-corrected chi connectivity index (χ3v) is 6.77. The van der Waals surface area contributed by atoms with Crippen molar-refractivity contribution in [3.05, 3.63) is 71.0 Å². The van der Waals surface area contributed by atoms with Crippen LogP contribution in [0.5, 0.6) is 11.5 Å². The Balaban J connectivity index is 1.61. The van der Waals surface area contributed by atoms with Crippen LogP contribution < -0.4 is 9.47 Å². The molecule has 1 fully saturated rings. The molecule has 2 atom stereocenters. The molecule has 2 aromatic rings. The Kier molecular flexibility index (Phi) is 6.20. The van der Waals surface area contributed by atoms with E-state index in [0.717, 1.165) is 18.5 Å². The van der Waals surface area contributed by atoms with E-state index in [1.165, 1.54) is 18.2 Å². The number of esters is 1. The molecule has 5 nitrogen and oxygen atoms in total. The molecule has 4 rings (SSSR count). The van der Waals surface area contributed by atoms with Crippen LogP contribution in [0.4, 0.5) is 8.78 Å². The van der Waals surface area contributed by atoms with Crippen molar-refractivity contribution in [3.8, 4) is 11.5 Å². The smallest absolute Gasteiger partial charge is 0.343 e. The fourth-order valence-electron chi connectivity index (χ4n) is 5.01. The maximum atomic E-state index is 13.3. The molecule has 1 aliphatic carbocycles. The van der Waals surface area contributed by atoms with E-state index in [0.29, 0.717) is 30.1 Å². The molecule has 32 heavy (non-hydrogen) atoms. The van der Waals surface area contributed by atoms with Crippen molar-refractivity contribution in [2.75, 3.05) is 27.8 Å². The average Bonchev–Trinajstić information content (AvgIpc) is 3.15. The Morgan fingerprint density at radius 1 is 1.12 bits per heavy atom. The SMILES string of the molecule is COc1ccc([C@@]23CC=C(OC(=O)c4ccccc4C(F)F)C[C@@H]2N(C)CC3)cc1OC. The van der Waals surface area contributed by atoms with Gasteiger partial charge in [0.2, 0.25) is 0 Å². The minimum atomic E-state index is -2.74. The zero-order chi connectivity index (χ0) is 22.9. The van der Waals surface area contributed by atoms with Gasteiger partial charge in [0.25, 0.3) is 6.43 Å². The summed E-state index contributed by atoms with van der Waals surface area (Å²) in [5, 5.41) is 0. The van der Waals surface area contributed by atoms with Gasteiger partial charge in [0.1, 0.15) is 5.76 Å². The Morgan fingerprint density at radius 2 is 1.88 bits per heavy atom. The lowest BCUT2D eigenvalue weighted by Gasteiger charge is -2.40. The number of alkyl halides is 2. The van der Waals surface area contributed by atoms with E-state index in [-0.39, 0.29) is 22.6 Å². The zero-order valence-electron chi connectivity index (χ0n) is 18.4. The number of likely N-dealkylation sites (tertiary alicyclic amines) is 1. The lowest BCUT2D eigenvalue weighted by molar-refractivity contribution is 0.0568. The lowest BCUT2D eigenvalue weighted by atomic mass is 9.68. The highest BCUT2D eigenvalue weighted by Crippen LogP contribution is 2.49. The summed E-state index contributed by atoms with van der Waals surface area (Å²) in [4.78, 5) is 14.9. The van der Waals surface area contributed by atoms with E-state index in [2.05, 4.69) is 18.0 Å². The summed E-state index contributed by atoms with van der Waals surface area (Å²) >= 11 is 0. The molecule has 0 unspecified atom stereocenters. The fraction of sp³-hybridized carbons (Fsp3) is 0.400. The molecule has 0 bridgehead atoms. The number of methoxy groups -OCH3 is 2. The minimum absolute atomic E-state index is 0.0973. The maximum absolute atomic E-state index is 13.3. The van der Waals surface area contributed by atoms with E-state index in [1.54, 1.807) is 20.3 Å². The van der Waals surface area contributed by atoms with E-state index in [9.17, 15) is 13.6 Å². The van der Waals surface area contributed by atoms with Crippen molar-refractivity contribution in [1.29, 1.82) is 0 Å². The Labute approximate surface area is 186 Å². The number of hydrogen-bond donors (Lipinski definition) is 0. The molecule has 0 spiro atoms. The summed E-state index contributed by atoms with van der Waals surface area (Å²) in [6.07, 6.45) is 1.34. The van der Waals surface area contributed by atoms with Crippen molar-refractivity contribution in [1.82, 2.24) is 4.90 Å². The highest BCUT2D eigenvalue weighted by molar-refractivity contribution is 5.91. The van der Waals surface area contributed by atoms with E-state index >= 15 is 0 Å². The number of carbonyl (C=O) groups excluding carboxylic acids is 1. The second kappa shape index (κ2) is 8.90. The molecule has 170 valence electrons. The van der Waals surface area contributed by atoms with Gasteiger partial charge in [-0.3, -0.25) is 0 Å². The number of rotatable bonds is 6. The van der Waals surface area contributed by atoms with Crippen molar-refractivity contribution in [3.63, 3.8) is 0 Å². The second-order valence-electron chi connectivity index (χ2n) is 8.33. The van der Waals surface area contributed by atoms with Gasteiger partial charge >= 0.3 is 5.97 Å². The average molecular weight is 443 g/mol. The number of halogens is 2. The summed E-state index contributed by atoms with van der Waals surface area (Å²) in [5.41, 5.74) is 0.589. The monoisotopic (exact) mass is 443 g/mol. The van der Waals surface area contributed by atoms with Gasteiger partial charge in [0, 0.05) is 23.4 Å². The molecule has 1 saturated heterocycles. The molecule has 0 saturated carbocycles. The Morgan fingerprint density at radius 3 is 2.59 bits per heavy atom. The topological polar surface area (TPSA) is 48.0 Å². The largest absolute Gasteiger partial charge is 0.493 e. The highest BCUT2D eigenvalue weighted by Gasteiger charge is 2.49. The normalized spacial score (nSPS) is 22.9. The van der Waals surface area contributed by atoms with Gasteiger partial charge in [-0.25, -0.2) is 13.6 Å². The Bertz CT molecular complexity index is 1040. The first-order valence-electron chi connectivity index (χ1n) is 10.6. The predicted octanol–water partition coefficient (Wildman–Crippen LogP) is 5.12. The van der Waals surface area contributed by atoms with Crippen molar-refractivity contribution < 1.29 is 27.8 Å². The summed E-state index contributed by atoms with van der Waals surface area (Å²) in [6.45, 7) is 0.905. The third-order valence-electron chi connectivity index (χ3n) is 6.77. The second-order valence-corrected chi connectivity index (χ2v) is 8.33. The molecule has 0 radical (unpaired) electrons. The van der Waals surface area contributed by atoms with Crippen LogP contribution in [0, 0.1) is 0 Å². The van der Waals surface area contributed by atoms with Crippen LogP contribution in [-0.4, -0.2) is 44.7 Å². The summed E-state index contributed by atoms with van der Waals surface area (Å²) < 4.78 is 43.1. The zero-order valence-corrected chi connectivity index (χ0v) is 18.4. The first-order chi connectivity index (χ1) is 15.4. The number of likely N-dealkylation sites (N-methyl/N-ethyl adjacent to an activating group) is 1. The van der Waals surface area contributed by atoms with Crippen LogP contribution in [-0.2, 0) is 10.2 Å². The standard InChI is InChI=1S/C25H27F2NO4/c1-28-13-12-25(16-8-9-20(30-2)21(14-16)31-3)11-10-17(15-22(25)28)32-24(29)19-7-5-4-6-18(19)23(26)27/h4-10,14,22-23H,11-13,15H2,1-3H3/t22-,25-/m0/s1. The maximum Gasteiger partial charge on any atom is 0.343 e. The molecule has 2 aromatic carbocycles. The highest BCUT2D eigenvalue weighted by atomic mass is 19.3. The van der Waals surface area contributed by atoms with Gasteiger partial charge < -0.3 is 19.1 Å². The van der Waals surface area contributed by atoms with E-state index < -0.39 is 12.4 Å². The molecule has 1 heterocycles. The molecule has 0 aromatic heterocycles. The van der Waals surface area contributed by atoms with Crippen molar-refractivity contribution in [2.24, 2.45) is 0 Å². The number of allylic oxidation sites excluding steroid dienone is 1. The van der Waals surface area contributed by atoms with Crippen LogP contribution in [0.25, 0.3) is 0 Å². The summed E-state index contributed by atoms with van der Waals surface area (Å²) in [7, 11) is 5.29. The fourth-order valence-corrected chi connectivity index (χ4v) is 5.01. The number of benzene rings is 2. The predicted molar refractivity (Wildman–Crippen MR) is 116 cm³/mol. The molecule has 7 heteroatoms. The lowest BCUT2D eigenvalue weighted by Crippen LogP contribution is -2.43. The van der Waals surface area contributed by atoms with E-state index in [4.69, 9.17) is 14.2 Å². The Hall–Kier alpha value is -2.93. The van der Waals surface area contributed by atoms with Gasteiger partial charge in [-0.2, -0.15) is 0 Å². The number of carbonyl (C=O) groups is 1. The van der Waals surface area contributed by atoms with Crippen LogP contribution >= 0.6 is 0 Å². The molecule has 2 aliphatic rings. The van der Waals surface area contributed by atoms with Crippen LogP contribution in [0.1, 0.15) is 47.2 Å². The summed E-state index contributed by atoms with van der Waals surface area (Å²) in [5.74, 6) is 1.13. The quantitative estimate of drug-likeness (QED) is 0.580. The molecular weight excluding hydrogens is 416 g/mol. The van der Waals surface area contributed by atoms with Gasteiger partial charge in [0.05, 0.1) is 19.8 Å². The molecule has 0 N–H and O–H groups in total. The van der Waals surface area contributed by atoms with Crippen LogP contribution in [0.3, 0.4) is 0 Å². The van der Waals surface area contributed by atoms with Gasteiger partial charge in [-0.05, 0) is 56.3 Å². The van der Waals surface area contributed by atoms with Gasteiger partial charge in [0.15, 0.2) is 11.5 Å². The first-order valence-corrected chi connectivity index (χ1v) is 10.6. The van der Waals surface area contributed by atoms with Gasteiger partial charge in [-0.1, -0.05) is 24.3 Å². The number of nitrogens with zero attached hydrogens (tertiary/aromatic N) is 1. The molecule has 1 aliphatic heterocycles. The van der Waals surface area contributed by atoms with Gasteiger partial charge in [-0.15, -0.1) is 0 Å². The first kappa shape index (κ1) is 22.3. The minimum Gasteiger partial charge on any atom is -0.493 e. The molecular formula is C25H27F2NO4. The number of fused-ring (bicyclic) bond motifs is 1.